The van der Waals surface area contributed by atoms with Crippen molar-refractivity contribution in [2.75, 3.05) is 6.61 Å². The zero-order chi connectivity index (χ0) is 19.8. The number of thiazole rings is 1. The van der Waals surface area contributed by atoms with E-state index in [0.29, 0.717) is 29.3 Å². The number of para-hydroxylation sites is 1. The van der Waals surface area contributed by atoms with Gasteiger partial charge in [-0.25, -0.2) is 4.98 Å². The van der Waals surface area contributed by atoms with E-state index < -0.39 is 5.92 Å². The highest BCUT2D eigenvalue weighted by Crippen LogP contribution is 2.28. The van der Waals surface area contributed by atoms with Crippen molar-refractivity contribution in [3.8, 4) is 29.1 Å². The highest BCUT2D eigenvalue weighted by atomic mass is 32.1. The minimum absolute atomic E-state index is 0.153. The van der Waals surface area contributed by atoms with Crippen LogP contribution in [0.25, 0.3) is 11.3 Å². The Morgan fingerprint density at radius 1 is 1.11 bits per heavy atom. The third kappa shape index (κ3) is 4.82. The third-order valence-electron chi connectivity index (χ3n) is 4.11. The summed E-state index contributed by atoms with van der Waals surface area (Å²) in [7, 11) is 0. The molecule has 0 radical (unpaired) electrons. The first kappa shape index (κ1) is 19.3. The lowest BCUT2D eigenvalue weighted by atomic mass is 10.0. The summed E-state index contributed by atoms with van der Waals surface area (Å²) in [5.41, 5.74) is 2.12. The first-order valence-electron chi connectivity index (χ1n) is 8.77. The number of aromatic nitrogens is 1. The van der Waals surface area contributed by atoms with Crippen LogP contribution >= 0.6 is 11.3 Å². The molecule has 3 aromatic rings. The molecule has 0 aliphatic carbocycles. The predicted octanol–water partition coefficient (Wildman–Crippen LogP) is 4.72. The van der Waals surface area contributed by atoms with Crippen LogP contribution in [0.15, 0.2) is 60.0 Å². The Morgan fingerprint density at radius 2 is 1.86 bits per heavy atom. The number of rotatable bonds is 8. The molecule has 0 saturated carbocycles. The number of carbonyl (C=O) groups is 1. The molecule has 0 N–H and O–H groups in total. The minimum atomic E-state index is -0.867. The molecule has 138 valence electrons. The van der Waals surface area contributed by atoms with Crippen LogP contribution in [-0.2, 0) is 4.79 Å². The number of Topliss-reactive ketones (excluding diaryl/α,β-unsaturated/α-hetero) is 1. The largest absolute Gasteiger partial charge is 0.494 e. The summed E-state index contributed by atoms with van der Waals surface area (Å²) in [6.45, 7) is 0.419. The zero-order valence-corrected chi connectivity index (χ0v) is 15.9. The maximum atomic E-state index is 12.5. The Kier molecular flexibility index (Phi) is 6.51. The van der Waals surface area contributed by atoms with Gasteiger partial charge in [0, 0.05) is 17.4 Å². The van der Waals surface area contributed by atoms with E-state index in [4.69, 9.17) is 10.00 Å². The normalized spacial score (nSPS) is 11.2. The van der Waals surface area contributed by atoms with Crippen LogP contribution in [0.2, 0.25) is 0 Å². The Morgan fingerprint density at radius 3 is 2.54 bits per heavy atom. The van der Waals surface area contributed by atoms with Gasteiger partial charge in [-0.15, -0.1) is 11.3 Å². The topological polar surface area (TPSA) is 86.8 Å². The molecule has 2 aromatic carbocycles. The van der Waals surface area contributed by atoms with E-state index in [1.165, 1.54) is 11.3 Å². The van der Waals surface area contributed by atoms with Crippen molar-refractivity contribution in [1.29, 1.82) is 10.5 Å². The van der Waals surface area contributed by atoms with E-state index in [1.807, 2.05) is 47.8 Å². The van der Waals surface area contributed by atoms with Crippen molar-refractivity contribution in [2.45, 2.75) is 18.8 Å². The molecule has 1 atom stereocenters. The van der Waals surface area contributed by atoms with Crippen LogP contribution in [0.4, 0.5) is 0 Å². The van der Waals surface area contributed by atoms with Crippen LogP contribution < -0.4 is 4.74 Å². The van der Waals surface area contributed by atoms with E-state index in [2.05, 4.69) is 17.1 Å². The highest BCUT2D eigenvalue weighted by Gasteiger charge is 2.23. The minimum Gasteiger partial charge on any atom is -0.494 e. The van der Waals surface area contributed by atoms with Crippen LogP contribution in [0.3, 0.4) is 0 Å². The predicted molar refractivity (Wildman–Crippen MR) is 107 cm³/mol. The van der Waals surface area contributed by atoms with Gasteiger partial charge in [0.05, 0.1) is 30.0 Å². The summed E-state index contributed by atoms with van der Waals surface area (Å²) in [6, 6.07) is 20.6. The molecule has 3 rings (SSSR count). The number of nitriles is 2. The second kappa shape index (κ2) is 9.45. The first-order chi connectivity index (χ1) is 13.7. The first-order valence-corrected chi connectivity index (χ1v) is 9.65. The molecule has 28 heavy (non-hydrogen) atoms. The van der Waals surface area contributed by atoms with E-state index in [1.54, 1.807) is 12.1 Å². The molecule has 0 saturated heterocycles. The van der Waals surface area contributed by atoms with Crippen molar-refractivity contribution < 1.29 is 9.53 Å². The van der Waals surface area contributed by atoms with Crippen LogP contribution in [-0.4, -0.2) is 17.4 Å². The SMILES string of the molecule is N#Cc1ccc(-c2csc(C(C#N)C(=O)CCCOc3ccccc3)n2)cc1. The maximum Gasteiger partial charge on any atom is 0.157 e. The van der Waals surface area contributed by atoms with Crippen molar-refractivity contribution in [2.24, 2.45) is 0 Å². The van der Waals surface area contributed by atoms with Crippen molar-refractivity contribution in [1.82, 2.24) is 4.98 Å². The maximum absolute atomic E-state index is 12.5. The summed E-state index contributed by atoms with van der Waals surface area (Å²) in [4.78, 5) is 16.9. The second-order valence-electron chi connectivity index (χ2n) is 6.05. The number of ether oxygens (including phenoxy) is 1. The fourth-order valence-corrected chi connectivity index (χ4v) is 3.52. The third-order valence-corrected chi connectivity index (χ3v) is 5.02. The molecular formula is C22H17N3O2S. The molecule has 0 amide bonds. The van der Waals surface area contributed by atoms with Crippen molar-refractivity contribution >= 4 is 17.1 Å². The molecule has 5 nitrogen and oxygen atoms in total. The molecule has 0 spiro atoms. The molecule has 1 aromatic heterocycles. The Bertz CT molecular complexity index is 1010. The molecule has 0 aliphatic heterocycles. The smallest absolute Gasteiger partial charge is 0.157 e. The number of ketones is 1. The molecule has 0 aliphatic rings. The molecule has 1 heterocycles. The second-order valence-corrected chi connectivity index (χ2v) is 6.94. The Balaban J connectivity index is 1.58. The number of carbonyl (C=O) groups excluding carboxylic acids is 1. The van der Waals surface area contributed by atoms with E-state index in [-0.39, 0.29) is 12.2 Å². The van der Waals surface area contributed by atoms with Gasteiger partial charge in [0.2, 0.25) is 0 Å². The van der Waals surface area contributed by atoms with Gasteiger partial charge in [0.15, 0.2) is 11.7 Å². The summed E-state index contributed by atoms with van der Waals surface area (Å²) in [5, 5.41) is 20.7. The van der Waals surface area contributed by atoms with Crippen LogP contribution in [0, 0.1) is 22.7 Å². The van der Waals surface area contributed by atoms with E-state index in [9.17, 15) is 10.1 Å². The van der Waals surface area contributed by atoms with Gasteiger partial charge in [-0.1, -0.05) is 30.3 Å². The lowest BCUT2D eigenvalue weighted by Gasteiger charge is -2.07. The number of hydrogen-bond donors (Lipinski definition) is 0. The van der Waals surface area contributed by atoms with Gasteiger partial charge in [-0.2, -0.15) is 10.5 Å². The van der Waals surface area contributed by atoms with Crippen LogP contribution in [0.5, 0.6) is 5.75 Å². The monoisotopic (exact) mass is 387 g/mol. The summed E-state index contributed by atoms with van der Waals surface area (Å²) >= 11 is 1.30. The highest BCUT2D eigenvalue weighted by molar-refractivity contribution is 7.10. The van der Waals surface area contributed by atoms with Crippen LogP contribution in [0.1, 0.15) is 29.3 Å². The fourth-order valence-electron chi connectivity index (χ4n) is 2.63. The van der Waals surface area contributed by atoms with Crippen molar-refractivity contribution in [3.63, 3.8) is 0 Å². The lowest BCUT2D eigenvalue weighted by Crippen LogP contribution is -2.12. The van der Waals surface area contributed by atoms with Gasteiger partial charge in [0.1, 0.15) is 10.8 Å². The quantitative estimate of drug-likeness (QED) is 0.522. The van der Waals surface area contributed by atoms with Gasteiger partial charge in [-0.05, 0) is 30.7 Å². The lowest BCUT2D eigenvalue weighted by molar-refractivity contribution is -0.119. The summed E-state index contributed by atoms with van der Waals surface area (Å²) in [5.74, 6) is -0.257. The average Bonchev–Trinajstić information content (AvgIpc) is 3.22. The van der Waals surface area contributed by atoms with Gasteiger partial charge in [-0.3, -0.25) is 4.79 Å². The van der Waals surface area contributed by atoms with Gasteiger partial charge < -0.3 is 4.74 Å². The Labute approximate surface area is 167 Å². The van der Waals surface area contributed by atoms with Crippen molar-refractivity contribution in [3.05, 3.63) is 70.5 Å². The standard InChI is InChI=1S/C22H17N3O2S/c23-13-16-8-10-17(11-9-16)20-15-28-22(25-20)19(14-24)21(26)7-4-12-27-18-5-2-1-3-6-18/h1-3,5-6,8-11,15,19H,4,7,12H2. The number of nitrogens with zero attached hydrogens (tertiary/aromatic N) is 3. The average molecular weight is 387 g/mol. The molecule has 0 fully saturated rings. The Hall–Kier alpha value is -3.48. The summed E-state index contributed by atoms with van der Waals surface area (Å²) in [6.07, 6.45) is 0.802. The number of benzene rings is 2. The molecule has 0 bridgehead atoms. The van der Waals surface area contributed by atoms with E-state index in [0.717, 1.165) is 11.3 Å². The fraction of sp³-hybridized carbons (Fsp3) is 0.182. The molecule has 1 unspecified atom stereocenters. The molecule has 6 heteroatoms. The van der Waals surface area contributed by atoms with Gasteiger partial charge >= 0.3 is 0 Å². The summed E-state index contributed by atoms with van der Waals surface area (Å²) < 4.78 is 5.59. The zero-order valence-electron chi connectivity index (χ0n) is 15.0. The molecular weight excluding hydrogens is 370 g/mol. The number of hydrogen-bond acceptors (Lipinski definition) is 6. The van der Waals surface area contributed by atoms with Gasteiger partial charge in [0.25, 0.3) is 0 Å². The van der Waals surface area contributed by atoms with E-state index >= 15 is 0 Å².